The van der Waals surface area contributed by atoms with E-state index in [0.29, 0.717) is 11.6 Å². The van der Waals surface area contributed by atoms with Crippen molar-refractivity contribution in [1.82, 2.24) is 9.97 Å². The smallest absolute Gasteiger partial charge is 0.252 e. The Hall–Kier alpha value is -1.85. The summed E-state index contributed by atoms with van der Waals surface area (Å²) in [4.78, 5) is 29.2. The Kier molecular flexibility index (Phi) is 3.64. The second kappa shape index (κ2) is 5.20. The average Bonchev–Trinajstić information content (AvgIpc) is 2.28. The van der Waals surface area contributed by atoms with Crippen molar-refractivity contribution in [3.05, 3.63) is 22.2 Å². The van der Waals surface area contributed by atoms with Crippen molar-refractivity contribution < 1.29 is 4.79 Å². The summed E-state index contributed by atoms with van der Waals surface area (Å²) < 4.78 is 0. The van der Waals surface area contributed by atoms with Gasteiger partial charge in [-0.25, -0.2) is 4.98 Å². The van der Waals surface area contributed by atoms with Gasteiger partial charge >= 0.3 is 0 Å². The Labute approximate surface area is 105 Å². The van der Waals surface area contributed by atoms with E-state index < -0.39 is 0 Å². The van der Waals surface area contributed by atoms with Crippen LogP contribution in [0, 0.1) is 12.8 Å². The lowest BCUT2D eigenvalue weighted by molar-refractivity contribution is -0.122. The topological polar surface area (TPSA) is 101 Å². The molecule has 4 N–H and O–H groups in total. The Morgan fingerprint density at radius 2 is 2.11 bits per heavy atom. The molecule has 2 rings (SSSR count). The number of aromatic nitrogens is 2. The molecule has 98 valence electrons. The highest BCUT2D eigenvalue weighted by Crippen LogP contribution is 2.25. The predicted octanol–water partition coefficient (Wildman–Crippen LogP) is 0.534. The number of nitrogens with two attached hydrogens (primary N) is 1. The Bertz CT molecular complexity index is 489. The maximum atomic E-state index is 11.3. The number of primary amides is 1. The fourth-order valence-corrected chi connectivity index (χ4v) is 2.38. The van der Waals surface area contributed by atoms with Crippen molar-refractivity contribution in [2.75, 3.05) is 5.32 Å². The maximum absolute atomic E-state index is 11.3. The van der Waals surface area contributed by atoms with Crippen molar-refractivity contribution in [3.63, 3.8) is 0 Å². The van der Waals surface area contributed by atoms with Crippen molar-refractivity contribution >= 4 is 11.7 Å². The number of amides is 1. The molecule has 1 aromatic heterocycles. The number of H-pyrrole nitrogens is 1. The fraction of sp³-hybridized carbons (Fsp3) is 0.583. The molecule has 0 atom stereocenters. The van der Waals surface area contributed by atoms with Crippen LogP contribution >= 0.6 is 0 Å². The van der Waals surface area contributed by atoms with Crippen LogP contribution in [-0.4, -0.2) is 21.9 Å². The van der Waals surface area contributed by atoms with Crippen molar-refractivity contribution in [1.29, 1.82) is 0 Å². The zero-order valence-corrected chi connectivity index (χ0v) is 10.4. The first-order chi connectivity index (χ1) is 8.54. The number of carbonyl (C=O) groups is 1. The van der Waals surface area contributed by atoms with Crippen LogP contribution in [0.15, 0.2) is 10.9 Å². The summed E-state index contributed by atoms with van der Waals surface area (Å²) in [6.07, 6.45) is 3.35. The first-order valence-corrected chi connectivity index (χ1v) is 6.18. The third kappa shape index (κ3) is 3.09. The Morgan fingerprint density at radius 3 is 2.67 bits per heavy atom. The molecule has 0 radical (unpaired) electrons. The maximum Gasteiger partial charge on any atom is 0.252 e. The third-order valence-corrected chi connectivity index (χ3v) is 3.34. The van der Waals surface area contributed by atoms with Crippen LogP contribution in [0.2, 0.25) is 0 Å². The van der Waals surface area contributed by atoms with Gasteiger partial charge < -0.3 is 16.0 Å². The number of carbonyl (C=O) groups excluding carboxylic acids is 1. The van der Waals surface area contributed by atoms with Crippen LogP contribution in [0.3, 0.4) is 0 Å². The molecule has 0 aromatic carbocycles. The summed E-state index contributed by atoms with van der Waals surface area (Å²) in [6, 6.07) is 1.71. The normalized spacial score (nSPS) is 23.6. The number of aromatic amines is 1. The van der Waals surface area contributed by atoms with Gasteiger partial charge in [-0.15, -0.1) is 0 Å². The number of hydrogen-bond acceptors (Lipinski definition) is 4. The molecule has 0 spiro atoms. The fourth-order valence-electron chi connectivity index (χ4n) is 2.38. The van der Waals surface area contributed by atoms with Crippen LogP contribution < -0.4 is 16.6 Å². The first kappa shape index (κ1) is 12.6. The zero-order chi connectivity index (χ0) is 13.1. The number of aryl methyl sites for hydroxylation is 1. The molecule has 1 aliphatic carbocycles. The monoisotopic (exact) mass is 250 g/mol. The van der Waals surface area contributed by atoms with Gasteiger partial charge in [0.25, 0.3) is 5.56 Å². The number of anilines is 1. The minimum absolute atomic E-state index is 0.00285. The van der Waals surface area contributed by atoms with Gasteiger partial charge in [0.1, 0.15) is 11.6 Å². The minimum Gasteiger partial charge on any atom is -0.369 e. The van der Waals surface area contributed by atoms with E-state index in [-0.39, 0.29) is 23.4 Å². The second-order valence-electron chi connectivity index (χ2n) is 4.81. The van der Waals surface area contributed by atoms with E-state index >= 15 is 0 Å². The highest BCUT2D eigenvalue weighted by molar-refractivity contribution is 5.76. The number of rotatable bonds is 3. The van der Waals surface area contributed by atoms with E-state index in [1.54, 1.807) is 6.92 Å². The lowest BCUT2D eigenvalue weighted by Crippen LogP contribution is -2.33. The molecule has 0 aliphatic heterocycles. The van der Waals surface area contributed by atoms with Gasteiger partial charge in [-0.3, -0.25) is 9.59 Å². The summed E-state index contributed by atoms with van der Waals surface area (Å²) in [5.41, 5.74) is 5.13. The van der Waals surface area contributed by atoms with Gasteiger partial charge in [-0.05, 0) is 32.6 Å². The molecule has 0 bridgehead atoms. The summed E-state index contributed by atoms with van der Waals surface area (Å²) in [5, 5.41) is 3.24. The molecule has 0 saturated heterocycles. The standard InChI is InChI=1S/C12H18N4O2/c1-7-14-10(6-11(17)15-7)16-9-4-2-8(3-5-9)12(13)18/h6,8-9H,2-5H2,1H3,(H2,13,18)(H2,14,15,16,17). The van der Waals surface area contributed by atoms with E-state index in [2.05, 4.69) is 15.3 Å². The SMILES string of the molecule is Cc1nc(NC2CCC(C(N)=O)CC2)cc(=O)[nH]1. The molecule has 18 heavy (non-hydrogen) atoms. The van der Waals surface area contributed by atoms with Crippen LogP contribution in [0.25, 0.3) is 0 Å². The first-order valence-electron chi connectivity index (χ1n) is 6.18. The summed E-state index contributed by atoms with van der Waals surface area (Å²) in [6.45, 7) is 1.75. The van der Waals surface area contributed by atoms with Crippen molar-refractivity contribution in [3.8, 4) is 0 Å². The molecule has 1 amide bonds. The molecule has 6 heteroatoms. The molecule has 1 fully saturated rings. The van der Waals surface area contributed by atoms with Gasteiger partial charge in [0.2, 0.25) is 5.91 Å². The quantitative estimate of drug-likeness (QED) is 0.728. The molecular formula is C12H18N4O2. The molecule has 1 aromatic rings. The lowest BCUT2D eigenvalue weighted by Gasteiger charge is -2.27. The van der Waals surface area contributed by atoms with Gasteiger partial charge in [-0.1, -0.05) is 0 Å². The number of nitrogens with one attached hydrogen (secondary N) is 2. The van der Waals surface area contributed by atoms with Crippen LogP contribution in [0.1, 0.15) is 31.5 Å². The van der Waals surface area contributed by atoms with Crippen molar-refractivity contribution in [2.24, 2.45) is 11.7 Å². The number of nitrogens with zero attached hydrogens (tertiary/aromatic N) is 1. The average molecular weight is 250 g/mol. The highest BCUT2D eigenvalue weighted by Gasteiger charge is 2.24. The van der Waals surface area contributed by atoms with Gasteiger partial charge in [0, 0.05) is 18.0 Å². The van der Waals surface area contributed by atoms with Gasteiger partial charge in [0.05, 0.1) is 0 Å². The lowest BCUT2D eigenvalue weighted by atomic mass is 9.85. The van der Waals surface area contributed by atoms with Crippen LogP contribution in [0.4, 0.5) is 5.82 Å². The largest absolute Gasteiger partial charge is 0.369 e. The molecule has 1 aliphatic rings. The second-order valence-corrected chi connectivity index (χ2v) is 4.81. The Morgan fingerprint density at radius 1 is 1.44 bits per heavy atom. The number of hydrogen-bond donors (Lipinski definition) is 3. The van der Waals surface area contributed by atoms with E-state index in [1.165, 1.54) is 6.07 Å². The molecule has 6 nitrogen and oxygen atoms in total. The minimum atomic E-state index is -0.210. The van der Waals surface area contributed by atoms with E-state index in [4.69, 9.17) is 5.73 Å². The van der Waals surface area contributed by atoms with E-state index in [0.717, 1.165) is 25.7 Å². The molecule has 1 saturated carbocycles. The van der Waals surface area contributed by atoms with E-state index in [9.17, 15) is 9.59 Å². The summed E-state index contributed by atoms with van der Waals surface area (Å²) in [5.74, 6) is 0.977. The third-order valence-electron chi connectivity index (χ3n) is 3.34. The Balaban J connectivity index is 1.95. The van der Waals surface area contributed by atoms with Crippen LogP contribution in [-0.2, 0) is 4.79 Å². The van der Waals surface area contributed by atoms with Gasteiger partial charge in [-0.2, -0.15) is 0 Å². The van der Waals surface area contributed by atoms with Gasteiger partial charge in [0.15, 0.2) is 0 Å². The summed E-state index contributed by atoms with van der Waals surface area (Å²) >= 11 is 0. The molecule has 0 unspecified atom stereocenters. The predicted molar refractivity (Wildman–Crippen MR) is 68.2 cm³/mol. The zero-order valence-electron chi connectivity index (χ0n) is 10.4. The molecular weight excluding hydrogens is 232 g/mol. The highest BCUT2D eigenvalue weighted by atomic mass is 16.1. The molecule has 1 heterocycles. The summed E-state index contributed by atoms with van der Waals surface area (Å²) in [7, 11) is 0. The van der Waals surface area contributed by atoms with Crippen molar-refractivity contribution in [2.45, 2.75) is 38.6 Å². The van der Waals surface area contributed by atoms with Crippen LogP contribution in [0.5, 0.6) is 0 Å². The van der Waals surface area contributed by atoms with E-state index in [1.807, 2.05) is 0 Å².